The molecule has 0 bridgehead atoms. The third-order valence-electron chi connectivity index (χ3n) is 8.37. The van der Waals surface area contributed by atoms with Crippen LogP contribution in [-0.4, -0.2) is 4.57 Å². The number of halogens is 1. The van der Waals surface area contributed by atoms with Gasteiger partial charge in [0.05, 0.1) is 11.2 Å². The number of anilines is 6. The van der Waals surface area contributed by atoms with Crippen molar-refractivity contribution in [3.05, 3.63) is 200 Å². The number of rotatable bonds is 5. The van der Waals surface area contributed by atoms with Gasteiger partial charge in [-0.05, 0) is 84.9 Å². The molecule has 0 fully saturated rings. The van der Waals surface area contributed by atoms with Crippen LogP contribution >= 0.6 is 0 Å². The third kappa shape index (κ3) is 6.44. The number of benzene rings is 7. The Bertz CT molecular complexity index is 2280. The summed E-state index contributed by atoms with van der Waals surface area (Å²) in [6, 6.07) is 65.2. The van der Waals surface area contributed by atoms with Crippen LogP contribution in [-0.2, 0) is 0 Å². The number of hydrogen-bond acceptors (Lipinski definition) is 3. The number of aromatic nitrogens is 1. The van der Waals surface area contributed by atoms with E-state index in [-0.39, 0.29) is 36.9 Å². The third-order valence-corrected chi connectivity index (χ3v) is 8.37. The molecule has 0 amide bonds. The molecule has 0 saturated carbocycles. The zero-order valence-electron chi connectivity index (χ0n) is 26.9. The van der Waals surface area contributed by atoms with Crippen LogP contribution in [0.5, 0.6) is 11.5 Å². The number of para-hydroxylation sites is 4. The molecule has 4 nitrogen and oxygen atoms in total. The molecule has 2 heterocycles. The van der Waals surface area contributed by atoms with Crippen LogP contribution in [0, 0.1) is 49.1 Å². The van der Waals surface area contributed by atoms with E-state index in [1.807, 2.05) is 84.9 Å². The Labute approximate surface area is 315 Å². The van der Waals surface area contributed by atoms with Crippen LogP contribution in [0.15, 0.2) is 182 Å². The molecule has 1 aliphatic heterocycles. The average molecular weight is 874 g/mol. The van der Waals surface area contributed by atoms with Crippen LogP contribution in [0.2, 0.25) is 0 Å². The molecule has 0 atom stereocenters. The molecule has 9 rings (SSSR count). The minimum atomic E-state index is -0.268. The molecule has 0 radical (unpaired) electrons. The minimum absolute atomic E-state index is 0. The van der Waals surface area contributed by atoms with Crippen molar-refractivity contribution in [3.63, 3.8) is 0 Å². The summed E-state index contributed by atoms with van der Waals surface area (Å²) in [6.45, 7) is 0. The molecule has 6 heteroatoms. The second kappa shape index (κ2) is 14.9. The van der Waals surface area contributed by atoms with Crippen molar-refractivity contribution in [2.24, 2.45) is 0 Å². The van der Waals surface area contributed by atoms with Gasteiger partial charge in [-0.3, -0.25) is 9.47 Å². The standard InChI is InChI=1S/C38H25FN3O.C6H5.U/c39-27-19-21-30(22-20-27)40(28-11-3-1-4-12-28)31-23-25-32(26-24-31)42-35-17-9-10-18-36(35)43-37-33-15-7-8-16-34(33)41(38(37)42)29-13-5-2-6-14-29;1-2-4-6-5-3-1;/h2-26H;1-5H;/q2*-1;+2. The largest absolute Gasteiger partial charge is 2.00 e. The Morgan fingerprint density at radius 2 is 1.10 bits per heavy atom. The summed E-state index contributed by atoms with van der Waals surface area (Å²) in [5.74, 6) is 2.28. The summed E-state index contributed by atoms with van der Waals surface area (Å²) in [5.41, 5.74) is 6.83. The summed E-state index contributed by atoms with van der Waals surface area (Å²) >= 11 is 0. The van der Waals surface area contributed by atoms with Gasteiger partial charge < -0.3 is 9.64 Å². The van der Waals surface area contributed by atoms with Crippen LogP contribution in [0.4, 0.5) is 38.6 Å². The van der Waals surface area contributed by atoms with E-state index in [0.717, 1.165) is 62.3 Å². The van der Waals surface area contributed by atoms with Crippen LogP contribution in [0.1, 0.15) is 0 Å². The minimum Gasteiger partial charge on any atom is -0.451 e. The van der Waals surface area contributed by atoms with E-state index in [1.165, 1.54) is 12.1 Å². The molecule has 0 saturated heterocycles. The van der Waals surface area contributed by atoms with E-state index >= 15 is 0 Å². The first kappa shape index (κ1) is 33.0. The van der Waals surface area contributed by atoms with E-state index in [9.17, 15) is 4.39 Å². The van der Waals surface area contributed by atoms with Crippen molar-refractivity contribution < 1.29 is 40.2 Å². The van der Waals surface area contributed by atoms with Gasteiger partial charge in [0.15, 0.2) is 17.3 Å². The fourth-order valence-corrected chi connectivity index (χ4v) is 6.21. The topological polar surface area (TPSA) is 20.6 Å². The van der Waals surface area contributed by atoms with Crippen molar-refractivity contribution >= 4 is 45.2 Å². The smallest absolute Gasteiger partial charge is 0.451 e. The number of fused-ring (bicyclic) bond motifs is 4. The molecular weight excluding hydrogens is 844 g/mol. The fraction of sp³-hybridized carbons (Fsp3) is 0. The average Bonchev–Trinajstić information content (AvgIpc) is 3.50. The van der Waals surface area contributed by atoms with Crippen molar-refractivity contribution in [1.82, 2.24) is 4.57 Å². The Balaban J connectivity index is 0.000000510. The van der Waals surface area contributed by atoms with Gasteiger partial charge in [-0.2, -0.15) is 54.6 Å². The SMILES string of the molecule is Fc1ccc(N(c2cc[c-]cc2)c2ccc(N3c4ccccc4Oc4c3n(-c3ccccc3)c3ccccc43)cc2)cc1.[U+2].[c-]1ccccc1. The van der Waals surface area contributed by atoms with Gasteiger partial charge in [0.25, 0.3) is 0 Å². The summed E-state index contributed by atoms with van der Waals surface area (Å²) in [7, 11) is 0. The fourth-order valence-electron chi connectivity index (χ4n) is 6.21. The van der Waals surface area contributed by atoms with Gasteiger partial charge >= 0.3 is 31.1 Å². The second-order valence-corrected chi connectivity index (χ2v) is 11.4. The molecule has 0 unspecified atom stereocenters. The Morgan fingerprint density at radius 1 is 0.520 bits per heavy atom. The Morgan fingerprint density at radius 3 is 1.78 bits per heavy atom. The van der Waals surface area contributed by atoms with Gasteiger partial charge in [-0.25, -0.2) is 4.39 Å². The molecule has 8 aromatic rings. The molecule has 0 aliphatic carbocycles. The summed E-state index contributed by atoms with van der Waals surface area (Å²) in [5, 5.41) is 1.04. The maximum Gasteiger partial charge on any atom is 2.00 e. The van der Waals surface area contributed by atoms with E-state index in [0.29, 0.717) is 0 Å². The van der Waals surface area contributed by atoms with Crippen molar-refractivity contribution in [1.29, 1.82) is 0 Å². The first-order chi connectivity index (χ1) is 24.3. The van der Waals surface area contributed by atoms with Gasteiger partial charge in [0, 0.05) is 28.1 Å². The van der Waals surface area contributed by atoms with Gasteiger partial charge in [0.1, 0.15) is 5.82 Å². The number of ether oxygens (including phenoxy) is 1. The van der Waals surface area contributed by atoms with Crippen LogP contribution in [0.3, 0.4) is 0 Å². The molecule has 0 N–H and O–H groups in total. The van der Waals surface area contributed by atoms with E-state index in [4.69, 9.17) is 4.74 Å². The van der Waals surface area contributed by atoms with Crippen LogP contribution in [0.25, 0.3) is 16.6 Å². The molecule has 50 heavy (non-hydrogen) atoms. The molecule has 1 aliphatic rings. The van der Waals surface area contributed by atoms with Gasteiger partial charge in [0.2, 0.25) is 0 Å². The quantitative estimate of drug-likeness (QED) is 0.161. The van der Waals surface area contributed by atoms with Crippen molar-refractivity contribution in [2.75, 3.05) is 9.80 Å². The Kier molecular flexibility index (Phi) is 9.84. The maximum absolute atomic E-state index is 13.8. The normalized spacial score (nSPS) is 11.3. The first-order valence-electron chi connectivity index (χ1n) is 16.0. The van der Waals surface area contributed by atoms with E-state index in [2.05, 4.69) is 99.3 Å². The monoisotopic (exact) mass is 873 g/mol. The molecule has 7 aromatic carbocycles. The zero-order chi connectivity index (χ0) is 33.0. The van der Waals surface area contributed by atoms with Crippen LogP contribution < -0.4 is 14.5 Å². The Hall–Kier alpha value is -5.54. The van der Waals surface area contributed by atoms with Gasteiger partial charge in [-0.15, -0.1) is 12.1 Å². The zero-order valence-corrected chi connectivity index (χ0v) is 31.1. The summed E-state index contributed by atoms with van der Waals surface area (Å²) in [4.78, 5) is 4.38. The van der Waals surface area contributed by atoms with E-state index < -0.39 is 0 Å². The predicted octanol–water partition coefficient (Wildman–Crippen LogP) is 12.1. The number of hydrogen-bond donors (Lipinski definition) is 0. The summed E-state index contributed by atoms with van der Waals surface area (Å²) < 4.78 is 22.7. The second-order valence-electron chi connectivity index (χ2n) is 11.4. The molecular formula is C44H30FN3OU. The predicted molar refractivity (Wildman–Crippen MR) is 197 cm³/mol. The van der Waals surface area contributed by atoms with E-state index in [1.54, 1.807) is 12.1 Å². The molecule has 0 spiro atoms. The molecule has 238 valence electrons. The van der Waals surface area contributed by atoms with Crippen molar-refractivity contribution in [2.45, 2.75) is 0 Å². The molecule has 1 aromatic heterocycles. The first-order valence-corrected chi connectivity index (χ1v) is 16.0. The van der Waals surface area contributed by atoms with Gasteiger partial charge in [-0.1, -0.05) is 48.2 Å². The summed E-state index contributed by atoms with van der Waals surface area (Å²) in [6.07, 6.45) is 0. The maximum atomic E-state index is 13.8. The van der Waals surface area contributed by atoms with Crippen molar-refractivity contribution in [3.8, 4) is 17.2 Å². The number of nitrogens with zero attached hydrogens (tertiary/aromatic N) is 3.